The predicted octanol–water partition coefficient (Wildman–Crippen LogP) is 2.60. The number of aryl methyl sites for hydroxylation is 1. The molecule has 0 aromatic heterocycles. The first-order chi connectivity index (χ1) is 7.19. The van der Waals surface area contributed by atoms with E-state index in [-0.39, 0.29) is 5.78 Å². The lowest BCUT2D eigenvalue weighted by Gasteiger charge is -2.06. The molecule has 78 valence electrons. The van der Waals surface area contributed by atoms with Gasteiger partial charge in [0.05, 0.1) is 7.11 Å². The topological polar surface area (TPSA) is 26.3 Å². The lowest BCUT2D eigenvalue weighted by atomic mass is 10.0. The highest BCUT2D eigenvalue weighted by Crippen LogP contribution is 2.19. The molecule has 2 heteroatoms. The van der Waals surface area contributed by atoms with Crippen LogP contribution in [0.25, 0.3) is 0 Å². The van der Waals surface area contributed by atoms with Gasteiger partial charge < -0.3 is 4.74 Å². The minimum absolute atomic E-state index is 0.0821. The lowest BCUT2D eigenvalue weighted by Crippen LogP contribution is -1.99. The molecule has 0 radical (unpaired) electrons. The van der Waals surface area contributed by atoms with Gasteiger partial charge in [-0.25, -0.2) is 0 Å². The van der Waals surface area contributed by atoms with Crippen molar-refractivity contribution >= 4 is 5.78 Å². The molecule has 0 saturated carbocycles. The number of hydrogen-bond donors (Lipinski definition) is 0. The molecule has 15 heavy (non-hydrogen) atoms. The number of ketones is 1. The van der Waals surface area contributed by atoms with Gasteiger partial charge in [0.2, 0.25) is 0 Å². The van der Waals surface area contributed by atoms with E-state index in [1.165, 1.54) is 0 Å². The van der Waals surface area contributed by atoms with E-state index >= 15 is 0 Å². The summed E-state index contributed by atoms with van der Waals surface area (Å²) in [6.45, 7) is 1.91. The van der Waals surface area contributed by atoms with Crippen LogP contribution in [0.1, 0.15) is 28.8 Å². The fraction of sp³-hybridized carbons (Fsp3) is 0.308. The Morgan fingerprint density at radius 1 is 1.53 bits per heavy atom. The summed E-state index contributed by atoms with van der Waals surface area (Å²) in [5, 5.41) is 0. The van der Waals surface area contributed by atoms with Gasteiger partial charge in [0.1, 0.15) is 5.75 Å². The largest absolute Gasteiger partial charge is 0.496 e. The Morgan fingerprint density at radius 3 is 2.80 bits per heavy atom. The van der Waals surface area contributed by atoms with Gasteiger partial charge in [-0.1, -0.05) is 0 Å². The van der Waals surface area contributed by atoms with Crippen LogP contribution in [0, 0.1) is 19.3 Å². The first kappa shape index (κ1) is 11.3. The van der Waals surface area contributed by atoms with Crippen molar-refractivity contribution in [1.29, 1.82) is 0 Å². The SMILES string of the molecule is C#CCCC(=O)c1ccc(OC)c(C)c1. The number of Topliss-reactive ketones (excluding diaryl/α,β-unsaturated/α-hetero) is 1. The van der Waals surface area contributed by atoms with Crippen LogP contribution in [0.2, 0.25) is 0 Å². The van der Waals surface area contributed by atoms with Crippen LogP contribution in [-0.2, 0) is 0 Å². The second-order valence-corrected chi connectivity index (χ2v) is 3.31. The Balaban J connectivity index is 2.84. The number of hydrogen-bond acceptors (Lipinski definition) is 2. The predicted molar refractivity (Wildman–Crippen MR) is 60.1 cm³/mol. The Morgan fingerprint density at radius 2 is 2.27 bits per heavy atom. The van der Waals surface area contributed by atoms with Crippen LogP contribution in [0.5, 0.6) is 5.75 Å². The van der Waals surface area contributed by atoms with E-state index in [0.717, 1.165) is 11.3 Å². The number of ether oxygens (including phenoxy) is 1. The fourth-order valence-corrected chi connectivity index (χ4v) is 1.38. The van der Waals surface area contributed by atoms with Gasteiger partial charge in [-0.3, -0.25) is 4.79 Å². The van der Waals surface area contributed by atoms with Crippen molar-refractivity contribution in [1.82, 2.24) is 0 Å². The van der Waals surface area contributed by atoms with E-state index in [2.05, 4.69) is 5.92 Å². The Kier molecular flexibility index (Phi) is 3.93. The van der Waals surface area contributed by atoms with E-state index < -0.39 is 0 Å². The molecule has 0 fully saturated rings. The highest BCUT2D eigenvalue weighted by molar-refractivity contribution is 5.96. The van der Waals surface area contributed by atoms with Gasteiger partial charge in [0.15, 0.2) is 5.78 Å². The van der Waals surface area contributed by atoms with Gasteiger partial charge in [-0.2, -0.15) is 0 Å². The second kappa shape index (κ2) is 5.21. The summed E-state index contributed by atoms with van der Waals surface area (Å²) in [7, 11) is 1.61. The molecule has 2 nitrogen and oxygen atoms in total. The van der Waals surface area contributed by atoms with Crippen molar-refractivity contribution in [2.45, 2.75) is 19.8 Å². The molecule has 0 heterocycles. The van der Waals surface area contributed by atoms with Gasteiger partial charge in [0, 0.05) is 18.4 Å². The molecule has 1 rings (SSSR count). The average Bonchev–Trinajstić information content (AvgIpc) is 2.25. The lowest BCUT2D eigenvalue weighted by molar-refractivity contribution is 0.0984. The first-order valence-corrected chi connectivity index (χ1v) is 4.80. The molecule has 0 aliphatic heterocycles. The van der Waals surface area contributed by atoms with Crippen molar-refractivity contribution in [3.05, 3.63) is 29.3 Å². The van der Waals surface area contributed by atoms with Gasteiger partial charge in [-0.15, -0.1) is 12.3 Å². The van der Waals surface area contributed by atoms with Crippen LogP contribution in [0.3, 0.4) is 0 Å². The molecule has 0 bridgehead atoms. The summed E-state index contributed by atoms with van der Waals surface area (Å²) in [4.78, 5) is 11.6. The number of terminal acetylenes is 1. The Hall–Kier alpha value is -1.75. The molecule has 1 aromatic carbocycles. The van der Waals surface area contributed by atoms with E-state index in [9.17, 15) is 4.79 Å². The van der Waals surface area contributed by atoms with E-state index in [1.54, 1.807) is 19.2 Å². The second-order valence-electron chi connectivity index (χ2n) is 3.31. The van der Waals surface area contributed by atoms with Crippen LogP contribution in [0.15, 0.2) is 18.2 Å². The summed E-state index contributed by atoms with van der Waals surface area (Å²) in [6, 6.07) is 5.40. The fourth-order valence-electron chi connectivity index (χ4n) is 1.38. The maximum Gasteiger partial charge on any atom is 0.163 e. The standard InChI is InChI=1S/C13H14O2/c1-4-5-6-12(14)11-7-8-13(15-3)10(2)9-11/h1,7-9H,5-6H2,2-3H3. The van der Waals surface area contributed by atoms with Crippen LogP contribution in [0.4, 0.5) is 0 Å². The van der Waals surface area contributed by atoms with Gasteiger partial charge >= 0.3 is 0 Å². The molecule has 0 atom stereocenters. The molecule has 0 unspecified atom stereocenters. The normalized spacial score (nSPS) is 9.40. The maximum atomic E-state index is 11.6. The highest BCUT2D eigenvalue weighted by Gasteiger charge is 2.07. The van der Waals surface area contributed by atoms with Crippen molar-refractivity contribution in [2.24, 2.45) is 0 Å². The summed E-state index contributed by atoms with van der Waals surface area (Å²) in [5.74, 6) is 3.34. The van der Waals surface area contributed by atoms with Crippen LogP contribution < -0.4 is 4.74 Å². The number of carbonyl (C=O) groups is 1. The molecule has 0 aliphatic rings. The Bertz CT molecular complexity index is 399. The molecule has 0 spiro atoms. The smallest absolute Gasteiger partial charge is 0.163 e. The third kappa shape index (κ3) is 2.85. The van der Waals surface area contributed by atoms with Crippen molar-refractivity contribution < 1.29 is 9.53 Å². The molecular formula is C13H14O2. The zero-order valence-corrected chi connectivity index (χ0v) is 9.04. The maximum absolute atomic E-state index is 11.6. The number of rotatable bonds is 4. The Labute approximate surface area is 90.3 Å². The molecule has 0 saturated heterocycles. The minimum atomic E-state index is 0.0821. The molecule has 1 aromatic rings. The summed E-state index contributed by atoms with van der Waals surface area (Å²) in [6.07, 6.45) is 6.00. The molecule has 0 amide bonds. The van der Waals surface area contributed by atoms with Crippen LogP contribution >= 0.6 is 0 Å². The number of benzene rings is 1. The first-order valence-electron chi connectivity index (χ1n) is 4.80. The summed E-state index contributed by atoms with van der Waals surface area (Å²) >= 11 is 0. The van der Waals surface area contributed by atoms with E-state index in [1.807, 2.05) is 13.0 Å². The third-order valence-electron chi connectivity index (χ3n) is 2.21. The van der Waals surface area contributed by atoms with Crippen LogP contribution in [-0.4, -0.2) is 12.9 Å². The monoisotopic (exact) mass is 202 g/mol. The zero-order valence-electron chi connectivity index (χ0n) is 9.04. The van der Waals surface area contributed by atoms with Crippen molar-refractivity contribution in [2.75, 3.05) is 7.11 Å². The number of methoxy groups -OCH3 is 1. The quantitative estimate of drug-likeness (QED) is 0.554. The van der Waals surface area contributed by atoms with Crippen molar-refractivity contribution in [3.8, 4) is 18.1 Å². The highest BCUT2D eigenvalue weighted by atomic mass is 16.5. The van der Waals surface area contributed by atoms with E-state index in [4.69, 9.17) is 11.2 Å². The van der Waals surface area contributed by atoms with Gasteiger partial charge in [0.25, 0.3) is 0 Å². The van der Waals surface area contributed by atoms with E-state index in [0.29, 0.717) is 18.4 Å². The summed E-state index contributed by atoms with van der Waals surface area (Å²) < 4.78 is 5.12. The van der Waals surface area contributed by atoms with Gasteiger partial charge in [-0.05, 0) is 30.7 Å². The minimum Gasteiger partial charge on any atom is -0.496 e. The third-order valence-corrected chi connectivity index (χ3v) is 2.21. The zero-order chi connectivity index (χ0) is 11.3. The van der Waals surface area contributed by atoms with Crippen molar-refractivity contribution in [3.63, 3.8) is 0 Å². The summed E-state index contributed by atoms with van der Waals surface area (Å²) in [5.41, 5.74) is 1.66. The molecule has 0 aliphatic carbocycles. The number of carbonyl (C=O) groups excluding carboxylic acids is 1. The average molecular weight is 202 g/mol. The molecular weight excluding hydrogens is 188 g/mol. The molecule has 0 N–H and O–H groups in total.